The molecule has 4 heteroatoms. The minimum atomic E-state index is -0.813. The van der Waals surface area contributed by atoms with Crippen molar-refractivity contribution in [3.63, 3.8) is 0 Å². The first-order chi connectivity index (χ1) is 8.08. The topological polar surface area (TPSA) is 54.4 Å². The third kappa shape index (κ3) is 2.64. The number of thiophene rings is 1. The Balaban J connectivity index is 2.24. The van der Waals surface area contributed by atoms with Gasteiger partial charge in [0.2, 0.25) is 0 Å². The van der Waals surface area contributed by atoms with Crippen molar-refractivity contribution in [2.75, 3.05) is 0 Å². The van der Waals surface area contributed by atoms with Gasteiger partial charge in [0, 0.05) is 16.2 Å². The van der Waals surface area contributed by atoms with Crippen LogP contribution in [-0.2, 0) is 9.59 Å². The summed E-state index contributed by atoms with van der Waals surface area (Å²) in [6.07, 6.45) is 4.14. The molecule has 0 saturated carbocycles. The lowest BCUT2D eigenvalue weighted by Crippen LogP contribution is -2.05. The fourth-order valence-corrected chi connectivity index (χ4v) is 2.96. The van der Waals surface area contributed by atoms with Crippen LogP contribution in [-0.4, -0.2) is 16.9 Å². The number of hydrogen-bond acceptors (Lipinski definition) is 3. The summed E-state index contributed by atoms with van der Waals surface area (Å²) in [7, 11) is 0. The minimum Gasteiger partial charge on any atom is -0.481 e. The maximum Gasteiger partial charge on any atom is 0.311 e. The van der Waals surface area contributed by atoms with Crippen molar-refractivity contribution in [1.29, 1.82) is 0 Å². The summed E-state index contributed by atoms with van der Waals surface area (Å²) in [5, 5.41) is 8.94. The number of allylic oxidation sites excluding steroid dienone is 2. The number of rotatable bonds is 3. The molecule has 1 aliphatic carbocycles. The third-order valence-electron chi connectivity index (χ3n) is 2.94. The van der Waals surface area contributed by atoms with Crippen LogP contribution >= 0.6 is 11.3 Å². The van der Waals surface area contributed by atoms with E-state index in [0.717, 1.165) is 28.2 Å². The van der Waals surface area contributed by atoms with E-state index in [1.54, 1.807) is 13.0 Å². The molecule has 1 N–H and O–H groups in total. The molecule has 1 aromatic rings. The molecular formula is C13H14O3S. The molecule has 0 aliphatic heterocycles. The maximum absolute atomic E-state index is 11.3. The highest BCUT2D eigenvalue weighted by Crippen LogP contribution is 2.33. The van der Waals surface area contributed by atoms with E-state index in [4.69, 9.17) is 5.11 Å². The molecule has 2 rings (SSSR count). The van der Waals surface area contributed by atoms with Crippen LogP contribution in [0.1, 0.15) is 41.9 Å². The van der Waals surface area contributed by atoms with Gasteiger partial charge in [-0.25, -0.2) is 0 Å². The van der Waals surface area contributed by atoms with E-state index < -0.39 is 11.9 Å². The Labute approximate surface area is 104 Å². The van der Waals surface area contributed by atoms with E-state index in [0.29, 0.717) is 6.42 Å². The summed E-state index contributed by atoms with van der Waals surface area (Å²) in [4.78, 5) is 24.1. The normalized spacial score (nSPS) is 17.7. The largest absolute Gasteiger partial charge is 0.481 e. The first kappa shape index (κ1) is 12.0. The minimum absolute atomic E-state index is 0.174. The standard InChI is InChI=1S/C13H14O3S/c1-8(13(15)16)11-5-6-12(17-11)9-3-2-4-10(14)7-9/h5-8H,2-4H2,1H3,(H,15,16). The molecule has 0 fully saturated rings. The highest BCUT2D eigenvalue weighted by Gasteiger charge is 2.18. The Morgan fingerprint density at radius 3 is 2.82 bits per heavy atom. The fourth-order valence-electron chi connectivity index (χ4n) is 1.87. The highest BCUT2D eigenvalue weighted by molar-refractivity contribution is 7.13. The van der Waals surface area contributed by atoms with Crippen LogP contribution in [0.4, 0.5) is 0 Å². The Bertz CT molecular complexity index is 485. The average molecular weight is 250 g/mol. The Kier molecular flexibility index (Phi) is 3.43. The van der Waals surface area contributed by atoms with Crippen LogP contribution in [0.25, 0.3) is 5.57 Å². The van der Waals surface area contributed by atoms with Gasteiger partial charge in [-0.05, 0) is 43.5 Å². The summed E-state index contributed by atoms with van der Waals surface area (Å²) in [5.74, 6) is -1.12. The van der Waals surface area contributed by atoms with Crippen LogP contribution in [0.2, 0.25) is 0 Å². The van der Waals surface area contributed by atoms with Crippen molar-refractivity contribution in [3.05, 3.63) is 28.0 Å². The van der Waals surface area contributed by atoms with Gasteiger partial charge >= 0.3 is 5.97 Å². The molecule has 0 radical (unpaired) electrons. The molecule has 0 aromatic carbocycles. The summed E-state index contributed by atoms with van der Waals surface area (Å²) < 4.78 is 0. The first-order valence-electron chi connectivity index (χ1n) is 5.64. The second-order valence-corrected chi connectivity index (χ2v) is 5.37. The Morgan fingerprint density at radius 2 is 2.18 bits per heavy atom. The molecule has 1 unspecified atom stereocenters. The van der Waals surface area contributed by atoms with Crippen molar-refractivity contribution in [2.45, 2.75) is 32.1 Å². The molecule has 1 aliphatic rings. The molecule has 0 amide bonds. The van der Waals surface area contributed by atoms with E-state index in [1.165, 1.54) is 11.3 Å². The van der Waals surface area contributed by atoms with Gasteiger partial charge in [-0.3, -0.25) is 9.59 Å². The smallest absolute Gasteiger partial charge is 0.311 e. The number of hydrogen-bond donors (Lipinski definition) is 1. The SMILES string of the molecule is CC(C(=O)O)c1ccc(C2=CC(=O)CCC2)s1. The number of carboxylic acid groups (broad SMARTS) is 1. The number of carboxylic acids is 1. The zero-order chi connectivity index (χ0) is 12.4. The average Bonchev–Trinajstić information content (AvgIpc) is 2.77. The van der Waals surface area contributed by atoms with Gasteiger partial charge in [0.25, 0.3) is 0 Å². The summed E-state index contributed by atoms with van der Waals surface area (Å²) >= 11 is 1.48. The van der Waals surface area contributed by atoms with Crippen LogP contribution in [0.3, 0.4) is 0 Å². The molecule has 1 aromatic heterocycles. The van der Waals surface area contributed by atoms with Crippen molar-refractivity contribution in [3.8, 4) is 0 Å². The summed E-state index contributed by atoms with van der Waals surface area (Å²) in [5.41, 5.74) is 1.05. The van der Waals surface area contributed by atoms with Gasteiger partial charge in [0.1, 0.15) is 0 Å². The lowest BCUT2D eigenvalue weighted by atomic mass is 9.97. The maximum atomic E-state index is 11.3. The van der Waals surface area contributed by atoms with Gasteiger partial charge in [0.05, 0.1) is 5.92 Å². The molecule has 1 atom stereocenters. The number of carbonyl (C=O) groups is 2. The molecule has 0 saturated heterocycles. The second-order valence-electron chi connectivity index (χ2n) is 4.25. The van der Waals surface area contributed by atoms with Crippen molar-refractivity contribution < 1.29 is 14.7 Å². The second kappa shape index (κ2) is 4.84. The van der Waals surface area contributed by atoms with Crippen LogP contribution in [0.15, 0.2) is 18.2 Å². The molecule has 90 valence electrons. The van der Waals surface area contributed by atoms with Crippen LogP contribution in [0.5, 0.6) is 0 Å². The van der Waals surface area contributed by atoms with E-state index in [-0.39, 0.29) is 5.78 Å². The van der Waals surface area contributed by atoms with Crippen molar-refractivity contribution >= 4 is 28.7 Å². The zero-order valence-electron chi connectivity index (χ0n) is 9.60. The van der Waals surface area contributed by atoms with Crippen LogP contribution in [0, 0.1) is 0 Å². The Morgan fingerprint density at radius 1 is 1.41 bits per heavy atom. The van der Waals surface area contributed by atoms with E-state index in [2.05, 4.69) is 0 Å². The number of carbonyl (C=O) groups excluding carboxylic acids is 1. The summed E-state index contributed by atoms with van der Waals surface area (Å²) in [6.45, 7) is 1.68. The lowest BCUT2D eigenvalue weighted by molar-refractivity contribution is -0.138. The van der Waals surface area contributed by atoms with Gasteiger partial charge in [-0.15, -0.1) is 11.3 Å². The van der Waals surface area contributed by atoms with E-state index >= 15 is 0 Å². The summed E-state index contributed by atoms with van der Waals surface area (Å²) in [6, 6.07) is 3.77. The number of aliphatic carboxylic acids is 1. The predicted molar refractivity (Wildman–Crippen MR) is 67.2 cm³/mol. The molecule has 0 bridgehead atoms. The highest BCUT2D eigenvalue weighted by atomic mass is 32.1. The third-order valence-corrected chi connectivity index (χ3v) is 4.29. The molecule has 0 spiro atoms. The molecule has 3 nitrogen and oxygen atoms in total. The predicted octanol–water partition coefficient (Wildman–Crippen LogP) is 3.07. The molecule has 17 heavy (non-hydrogen) atoms. The molecular weight excluding hydrogens is 236 g/mol. The van der Waals surface area contributed by atoms with Gasteiger partial charge in [-0.1, -0.05) is 0 Å². The van der Waals surface area contributed by atoms with Gasteiger partial charge in [-0.2, -0.15) is 0 Å². The van der Waals surface area contributed by atoms with Crippen molar-refractivity contribution in [2.24, 2.45) is 0 Å². The monoisotopic (exact) mass is 250 g/mol. The van der Waals surface area contributed by atoms with Crippen molar-refractivity contribution in [1.82, 2.24) is 0 Å². The molecule has 1 heterocycles. The van der Waals surface area contributed by atoms with Crippen LogP contribution < -0.4 is 0 Å². The van der Waals surface area contributed by atoms with Gasteiger partial charge < -0.3 is 5.11 Å². The fraction of sp³-hybridized carbons (Fsp3) is 0.385. The first-order valence-corrected chi connectivity index (χ1v) is 6.46. The quantitative estimate of drug-likeness (QED) is 0.897. The van der Waals surface area contributed by atoms with E-state index in [1.807, 2.05) is 12.1 Å². The van der Waals surface area contributed by atoms with E-state index in [9.17, 15) is 9.59 Å². The zero-order valence-corrected chi connectivity index (χ0v) is 10.4. The van der Waals surface area contributed by atoms with Gasteiger partial charge in [0.15, 0.2) is 5.78 Å². The lowest BCUT2D eigenvalue weighted by Gasteiger charge is -2.09. The Hall–Kier alpha value is -1.42. The number of ketones is 1.